The molecule has 0 aliphatic heterocycles. The lowest BCUT2D eigenvalue weighted by molar-refractivity contribution is 0.0989. The van der Waals surface area contributed by atoms with Crippen LogP contribution >= 0.6 is 11.3 Å². The number of Topliss-reactive ketones (excluding diaryl/α,β-unsaturated/α-hetero) is 1. The number of nitrogens with zero attached hydrogens (tertiary/aromatic N) is 2. The molecule has 2 rings (SSSR count). The topological polar surface area (TPSA) is 42.9 Å². The van der Waals surface area contributed by atoms with Crippen molar-refractivity contribution in [3.63, 3.8) is 0 Å². The average molecular weight is 232 g/mol. The maximum Gasteiger partial charge on any atom is 0.186 e. The maximum atomic E-state index is 11.8. The summed E-state index contributed by atoms with van der Waals surface area (Å²) in [5.41, 5.74) is 0.487. The van der Waals surface area contributed by atoms with Crippen molar-refractivity contribution in [2.75, 3.05) is 0 Å². The smallest absolute Gasteiger partial charge is 0.186 e. The number of aryl methyl sites for hydroxylation is 1. The van der Waals surface area contributed by atoms with E-state index in [0.29, 0.717) is 12.1 Å². The fourth-order valence-electron chi connectivity index (χ4n) is 1.41. The summed E-state index contributed by atoms with van der Waals surface area (Å²) in [7, 11) is 0. The zero-order chi connectivity index (χ0) is 11.4. The van der Waals surface area contributed by atoms with Gasteiger partial charge in [0.05, 0.1) is 0 Å². The SMILES string of the molecule is CCc1ccc(CC(=O)c2ccncn2)s1. The van der Waals surface area contributed by atoms with E-state index in [0.717, 1.165) is 11.3 Å². The number of ketones is 1. The molecule has 0 aliphatic rings. The van der Waals surface area contributed by atoms with Crippen LogP contribution in [0.15, 0.2) is 30.7 Å². The molecule has 0 bridgehead atoms. The summed E-state index contributed by atoms with van der Waals surface area (Å²) >= 11 is 1.69. The Morgan fingerprint density at radius 1 is 1.31 bits per heavy atom. The Morgan fingerprint density at radius 3 is 2.75 bits per heavy atom. The molecule has 4 heteroatoms. The van der Waals surface area contributed by atoms with Gasteiger partial charge in [-0.25, -0.2) is 9.97 Å². The molecule has 0 amide bonds. The Labute approximate surface area is 98.2 Å². The molecule has 0 radical (unpaired) electrons. The van der Waals surface area contributed by atoms with Gasteiger partial charge in [-0.2, -0.15) is 0 Å². The van der Waals surface area contributed by atoms with E-state index in [2.05, 4.69) is 23.0 Å². The molecule has 2 aromatic heterocycles. The molecule has 0 aliphatic carbocycles. The normalized spacial score (nSPS) is 10.3. The molecular formula is C12H12N2OS. The molecule has 16 heavy (non-hydrogen) atoms. The van der Waals surface area contributed by atoms with Gasteiger partial charge < -0.3 is 0 Å². The van der Waals surface area contributed by atoms with Gasteiger partial charge >= 0.3 is 0 Å². The van der Waals surface area contributed by atoms with Crippen LogP contribution < -0.4 is 0 Å². The first-order valence-electron chi connectivity index (χ1n) is 5.16. The molecule has 2 aromatic rings. The Morgan fingerprint density at radius 2 is 2.12 bits per heavy atom. The zero-order valence-corrected chi connectivity index (χ0v) is 9.83. The summed E-state index contributed by atoms with van der Waals surface area (Å²) in [5.74, 6) is 0.0481. The van der Waals surface area contributed by atoms with Crippen molar-refractivity contribution >= 4 is 17.1 Å². The van der Waals surface area contributed by atoms with Gasteiger partial charge in [-0.1, -0.05) is 6.92 Å². The first-order chi connectivity index (χ1) is 7.79. The Hall–Kier alpha value is -1.55. The standard InChI is InChI=1S/C12H12N2OS/c1-2-9-3-4-10(16-9)7-12(15)11-5-6-13-8-14-11/h3-6,8H,2,7H2,1H3. The second-order valence-corrected chi connectivity index (χ2v) is 4.67. The van der Waals surface area contributed by atoms with Crippen molar-refractivity contribution in [2.45, 2.75) is 19.8 Å². The molecule has 0 N–H and O–H groups in total. The van der Waals surface area contributed by atoms with Crippen LogP contribution in [0.25, 0.3) is 0 Å². The lowest BCUT2D eigenvalue weighted by Crippen LogP contribution is -2.04. The van der Waals surface area contributed by atoms with E-state index in [4.69, 9.17) is 0 Å². The molecule has 0 unspecified atom stereocenters. The number of hydrogen-bond donors (Lipinski definition) is 0. The van der Waals surface area contributed by atoms with Crippen LogP contribution in [0.4, 0.5) is 0 Å². The van der Waals surface area contributed by atoms with E-state index in [1.165, 1.54) is 11.2 Å². The molecule has 0 spiro atoms. The second kappa shape index (κ2) is 4.99. The van der Waals surface area contributed by atoms with Gasteiger partial charge in [-0.05, 0) is 24.6 Å². The Kier molecular flexibility index (Phi) is 3.41. The molecule has 0 atom stereocenters. The van der Waals surface area contributed by atoms with Crippen molar-refractivity contribution in [3.8, 4) is 0 Å². The number of carbonyl (C=O) groups is 1. The van der Waals surface area contributed by atoms with Crippen molar-refractivity contribution < 1.29 is 4.79 Å². The number of thiophene rings is 1. The molecule has 0 aromatic carbocycles. The minimum Gasteiger partial charge on any atom is -0.292 e. The van der Waals surface area contributed by atoms with Crippen molar-refractivity contribution in [1.29, 1.82) is 0 Å². The van der Waals surface area contributed by atoms with Crippen LogP contribution in [0.1, 0.15) is 27.2 Å². The van der Waals surface area contributed by atoms with Crippen LogP contribution in [-0.2, 0) is 12.8 Å². The number of rotatable bonds is 4. The van der Waals surface area contributed by atoms with Crippen LogP contribution in [0.5, 0.6) is 0 Å². The van der Waals surface area contributed by atoms with E-state index in [1.807, 2.05) is 6.07 Å². The van der Waals surface area contributed by atoms with Crippen LogP contribution in [0.3, 0.4) is 0 Å². The Bertz CT molecular complexity index is 479. The predicted octanol–water partition coefficient (Wildman–Crippen LogP) is 2.53. The highest BCUT2D eigenvalue weighted by molar-refractivity contribution is 7.12. The lowest BCUT2D eigenvalue weighted by Gasteiger charge is -1.96. The summed E-state index contributed by atoms with van der Waals surface area (Å²) in [4.78, 5) is 22.0. The van der Waals surface area contributed by atoms with Crippen molar-refractivity contribution in [2.24, 2.45) is 0 Å². The summed E-state index contributed by atoms with van der Waals surface area (Å²) in [5, 5.41) is 0. The van der Waals surface area contributed by atoms with Crippen molar-refractivity contribution in [1.82, 2.24) is 9.97 Å². The van der Waals surface area contributed by atoms with Crippen LogP contribution in [0, 0.1) is 0 Å². The lowest BCUT2D eigenvalue weighted by atomic mass is 10.2. The summed E-state index contributed by atoms with van der Waals surface area (Å²) in [6, 6.07) is 5.74. The molecule has 0 saturated heterocycles. The number of aromatic nitrogens is 2. The summed E-state index contributed by atoms with van der Waals surface area (Å²) < 4.78 is 0. The summed E-state index contributed by atoms with van der Waals surface area (Å²) in [6.07, 6.45) is 4.44. The molecule has 2 heterocycles. The second-order valence-electron chi connectivity index (χ2n) is 3.42. The third-order valence-corrected chi connectivity index (χ3v) is 3.50. The predicted molar refractivity (Wildman–Crippen MR) is 63.8 cm³/mol. The molecular weight excluding hydrogens is 220 g/mol. The van der Waals surface area contributed by atoms with Crippen LogP contribution in [0.2, 0.25) is 0 Å². The third kappa shape index (κ3) is 2.52. The van der Waals surface area contributed by atoms with Gasteiger partial charge in [0, 0.05) is 22.4 Å². The summed E-state index contributed by atoms with van der Waals surface area (Å²) in [6.45, 7) is 2.11. The largest absolute Gasteiger partial charge is 0.292 e. The number of carbonyl (C=O) groups excluding carboxylic acids is 1. The highest BCUT2D eigenvalue weighted by Gasteiger charge is 2.09. The monoisotopic (exact) mass is 232 g/mol. The van der Waals surface area contributed by atoms with Gasteiger partial charge in [-0.15, -0.1) is 11.3 Å². The molecule has 0 saturated carbocycles. The number of hydrogen-bond acceptors (Lipinski definition) is 4. The molecule has 82 valence electrons. The van der Waals surface area contributed by atoms with Gasteiger partial charge in [-0.3, -0.25) is 4.79 Å². The van der Waals surface area contributed by atoms with E-state index in [9.17, 15) is 4.79 Å². The minimum absolute atomic E-state index is 0.0481. The zero-order valence-electron chi connectivity index (χ0n) is 9.01. The molecule has 0 fully saturated rings. The fraction of sp³-hybridized carbons (Fsp3) is 0.250. The van der Waals surface area contributed by atoms with Crippen LogP contribution in [-0.4, -0.2) is 15.8 Å². The first-order valence-corrected chi connectivity index (χ1v) is 5.98. The van der Waals surface area contributed by atoms with E-state index >= 15 is 0 Å². The van der Waals surface area contributed by atoms with E-state index in [1.54, 1.807) is 23.6 Å². The van der Waals surface area contributed by atoms with Crippen molar-refractivity contribution in [3.05, 3.63) is 46.2 Å². The van der Waals surface area contributed by atoms with E-state index in [-0.39, 0.29) is 5.78 Å². The maximum absolute atomic E-state index is 11.8. The van der Waals surface area contributed by atoms with Gasteiger partial charge in [0.1, 0.15) is 12.0 Å². The Balaban J connectivity index is 2.08. The highest BCUT2D eigenvalue weighted by Crippen LogP contribution is 2.18. The average Bonchev–Trinajstić information content (AvgIpc) is 2.78. The van der Waals surface area contributed by atoms with Gasteiger partial charge in [0.25, 0.3) is 0 Å². The minimum atomic E-state index is 0.0481. The first kappa shape index (κ1) is 11.0. The third-order valence-electron chi connectivity index (χ3n) is 2.27. The van der Waals surface area contributed by atoms with Gasteiger partial charge in [0.2, 0.25) is 0 Å². The highest BCUT2D eigenvalue weighted by atomic mass is 32.1. The van der Waals surface area contributed by atoms with E-state index < -0.39 is 0 Å². The fourth-order valence-corrected chi connectivity index (χ4v) is 2.37. The van der Waals surface area contributed by atoms with Gasteiger partial charge in [0.15, 0.2) is 5.78 Å². The molecule has 3 nitrogen and oxygen atoms in total. The quantitative estimate of drug-likeness (QED) is 0.761.